The lowest BCUT2D eigenvalue weighted by Crippen LogP contribution is -2.18. The smallest absolute Gasteiger partial charge is 0.137 e. The van der Waals surface area contributed by atoms with Crippen molar-refractivity contribution in [2.75, 3.05) is 14.2 Å². The molecule has 3 aromatic rings. The first-order valence-corrected chi connectivity index (χ1v) is 8.67. The molecule has 1 N–H and O–H groups in total. The van der Waals surface area contributed by atoms with Crippen molar-refractivity contribution >= 4 is 0 Å². The van der Waals surface area contributed by atoms with Gasteiger partial charge in [-0.25, -0.2) is 0 Å². The maximum atomic E-state index is 5.51. The van der Waals surface area contributed by atoms with Gasteiger partial charge in [-0.2, -0.15) is 0 Å². The number of nitrogens with one attached hydrogen (secondary N) is 1. The number of benzene rings is 2. The molecule has 4 heteroatoms. The van der Waals surface area contributed by atoms with E-state index in [1.165, 1.54) is 11.1 Å². The molecular weight excluding hydrogens is 324 g/mol. The molecular formula is C22H24N2O2. The Morgan fingerprint density at radius 3 is 2.42 bits per heavy atom. The molecule has 0 unspecified atom stereocenters. The van der Waals surface area contributed by atoms with Crippen LogP contribution in [0.3, 0.4) is 0 Å². The van der Waals surface area contributed by atoms with E-state index in [4.69, 9.17) is 9.47 Å². The van der Waals surface area contributed by atoms with Gasteiger partial charge in [-0.05, 0) is 42.3 Å². The van der Waals surface area contributed by atoms with E-state index in [-0.39, 0.29) is 6.04 Å². The lowest BCUT2D eigenvalue weighted by atomic mass is 10.0. The van der Waals surface area contributed by atoms with Crippen molar-refractivity contribution in [1.29, 1.82) is 0 Å². The molecule has 1 aromatic heterocycles. The summed E-state index contributed by atoms with van der Waals surface area (Å²) in [6, 6.07) is 20.8. The molecule has 1 atom stereocenters. The van der Waals surface area contributed by atoms with Crippen molar-refractivity contribution in [2.24, 2.45) is 0 Å². The summed E-state index contributed by atoms with van der Waals surface area (Å²) in [5.41, 5.74) is 4.29. The summed E-state index contributed by atoms with van der Waals surface area (Å²) >= 11 is 0. The molecule has 0 bridgehead atoms. The van der Waals surface area contributed by atoms with E-state index >= 15 is 0 Å². The van der Waals surface area contributed by atoms with E-state index in [9.17, 15) is 0 Å². The summed E-state index contributed by atoms with van der Waals surface area (Å²) in [6.45, 7) is 2.94. The third-order valence-electron chi connectivity index (χ3n) is 4.42. The Morgan fingerprint density at radius 1 is 0.962 bits per heavy atom. The fourth-order valence-corrected chi connectivity index (χ4v) is 2.86. The average Bonchev–Trinajstić information content (AvgIpc) is 2.72. The van der Waals surface area contributed by atoms with Gasteiger partial charge >= 0.3 is 0 Å². The van der Waals surface area contributed by atoms with Crippen LogP contribution in [0.25, 0.3) is 11.3 Å². The van der Waals surface area contributed by atoms with Crippen molar-refractivity contribution in [3.8, 4) is 22.8 Å². The van der Waals surface area contributed by atoms with E-state index in [1.54, 1.807) is 20.4 Å². The predicted octanol–water partition coefficient (Wildman–Crippen LogP) is 4.62. The second-order valence-electron chi connectivity index (χ2n) is 6.13. The predicted molar refractivity (Wildman–Crippen MR) is 104 cm³/mol. The molecule has 0 aliphatic carbocycles. The normalized spacial score (nSPS) is 11.8. The van der Waals surface area contributed by atoms with Gasteiger partial charge in [-0.1, -0.05) is 36.4 Å². The SMILES string of the molecule is COc1ccc(-c2cc(CN[C@H](C)c3ccccc3)ccc2OC)nc1. The Balaban J connectivity index is 1.78. The first kappa shape index (κ1) is 18.0. The van der Waals surface area contributed by atoms with Gasteiger partial charge in [-0.15, -0.1) is 0 Å². The summed E-state index contributed by atoms with van der Waals surface area (Å²) in [6.07, 6.45) is 1.72. The summed E-state index contributed by atoms with van der Waals surface area (Å²) < 4.78 is 10.7. The van der Waals surface area contributed by atoms with Crippen LogP contribution in [0.4, 0.5) is 0 Å². The third-order valence-corrected chi connectivity index (χ3v) is 4.42. The van der Waals surface area contributed by atoms with E-state index in [2.05, 4.69) is 53.6 Å². The van der Waals surface area contributed by atoms with Gasteiger partial charge in [-0.3, -0.25) is 4.98 Å². The Hall–Kier alpha value is -2.85. The van der Waals surface area contributed by atoms with Gasteiger partial charge < -0.3 is 14.8 Å². The van der Waals surface area contributed by atoms with Gasteiger partial charge in [0.1, 0.15) is 11.5 Å². The quantitative estimate of drug-likeness (QED) is 0.677. The van der Waals surface area contributed by atoms with Gasteiger partial charge in [0, 0.05) is 18.2 Å². The lowest BCUT2D eigenvalue weighted by Gasteiger charge is -2.16. The van der Waals surface area contributed by atoms with Crippen molar-refractivity contribution in [2.45, 2.75) is 19.5 Å². The van der Waals surface area contributed by atoms with Gasteiger partial charge in [0.15, 0.2) is 0 Å². The Morgan fingerprint density at radius 2 is 1.77 bits per heavy atom. The Kier molecular flexibility index (Phi) is 5.87. The number of pyridine rings is 1. The van der Waals surface area contributed by atoms with Crippen LogP contribution in [-0.2, 0) is 6.54 Å². The first-order chi connectivity index (χ1) is 12.7. The molecule has 0 amide bonds. The molecule has 0 aliphatic heterocycles. The van der Waals surface area contributed by atoms with Gasteiger partial charge in [0.25, 0.3) is 0 Å². The zero-order valence-electron chi connectivity index (χ0n) is 15.4. The van der Waals surface area contributed by atoms with Crippen LogP contribution in [0.5, 0.6) is 11.5 Å². The van der Waals surface area contributed by atoms with Crippen LogP contribution in [0.2, 0.25) is 0 Å². The minimum Gasteiger partial charge on any atom is -0.496 e. The standard InChI is InChI=1S/C22H24N2O2/c1-16(18-7-5-4-6-8-18)23-14-17-9-12-22(26-3)20(13-17)21-11-10-19(25-2)15-24-21/h4-13,15-16,23H,14H2,1-3H3/t16-/m1/s1. The highest BCUT2D eigenvalue weighted by molar-refractivity contribution is 5.68. The summed E-state index contributed by atoms with van der Waals surface area (Å²) in [7, 11) is 3.31. The summed E-state index contributed by atoms with van der Waals surface area (Å²) in [4.78, 5) is 4.49. The minimum absolute atomic E-state index is 0.279. The topological polar surface area (TPSA) is 43.4 Å². The maximum Gasteiger partial charge on any atom is 0.137 e. The number of methoxy groups -OCH3 is 2. The van der Waals surface area contributed by atoms with Crippen LogP contribution in [0.1, 0.15) is 24.1 Å². The molecule has 0 aliphatic rings. The lowest BCUT2D eigenvalue weighted by molar-refractivity contribution is 0.412. The Labute approximate surface area is 154 Å². The van der Waals surface area contributed by atoms with Crippen LogP contribution in [-0.4, -0.2) is 19.2 Å². The third kappa shape index (κ3) is 4.21. The molecule has 0 saturated carbocycles. The fourth-order valence-electron chi connectivity index (χ4n) is 2.86. The van der Waals surface area contributed by atoms with Gasteiger partial charge in [0.2, 0.25) is 0 Å². The second-order valence-corrected chi connectivity index (χ2v) is 6.13. The summed E-state index contributed by atoms with van der Waals surface area (Å²) in [5.74, 6) is 1.55. The first-order valence-electron chi connectivity index (χ1n) is 8.67. The molecule has 3 rings (SSSR count). The highest BCUT2D eigenvalue weighted by Gasteiger charge is 2.10. The van der Waals surface area contributed by atoms with E-state index in [0.717, 1.165) is 29.3 Å². The molecule has 134 valence electrons. The van der Waals surface area contributed by atoms with Crippen molar-refractivity contribution in [1.82, 2.24) is 10.3 Å². The molecule has 0 radical (unpaired) electrons. The number of hydrogen-bond acceptors (Lipinski definition) is 4. The number of hydrogen-bond donors (Lipinski definition) is 1. The van der Waals surface area contributed by atoms with Crippen LogP contribution >= 0.6 is 0 Å². The highest BCUT2D eigenvalue weighted by atomic mass is 16.5. The number of ether oxygens (including phenoxy) is 2. The molecule has 0 fully saturated rings. The Bertz CT molecular complexity index is 833. The monoisotopic (exact) mass is 348 g/mol. The van der Waals surface area contributed by atoms with Crippen LogP contribution in [0.15, 0.2) is 66.9 Å². The number of aromatic nitrogens is 1. The fraction of sp³-hybridized carbons (Fsp3) is 0.227. The highest BCUT2D eigenvalue weighted by Crippen LogP contribution is 2.30. The van der Waals surface area contributed by atoms with Crippen LogP contribution < -0.4 is 14.8 Å². The van der Waals surface area contributed by atoms with E-state index < -0.39 is 0 Å². The van der Waals surface area contributed by atoms with E-state index in [1.807, 2.05) is 24.3 Å². The molecule has 1 heterocycles. The van der Waals surface area contributed by atoms with Gasteiger partial charge in [0.05, 0.1) is 26.1 Å². The van der Waals surface area contributed by atoms with Crippen molar-refractivity contribution in [3.05, 3.63) is 78.0 Å². The molecule has 0 spiro atoms. The number of nitrogens with zero attached hydrogens (tertiary/aromatic N) is 1. The zero-order valence-corrected chi connectivity index (χ0v) is 15.4. The zero-order chi connectivity index (χ0) is 18.4. The molecule has 26 heavy (non-hydrogen) atoms. The number of rotatable bonds is 7. The second kappa shape index (κ2) is 8.50. The maximum absolute atomic E-state index is 5.51. The summed E-state index contributed by atoms with van der Waals surface area (Å²) in [5, 5.41) is 3.57. The largest absolute Gasteiger partial charge is 0.496 e. The van der Waals surface area contributed by atoms with Crippen LogP contribution in [0, 0.1) is 0 Å². The minimum atomic E-state index is 0.279. The average molecular weight is 348 g/mol. The van der Waals surface area contributed by atoms with E-state index in [0.29, 0.717) is 0 Å². The van der Waals surface area contributed by atoms with Crippen molar-refractivity contribution < 1.29 is 9.47 Å². The van der Waals surface area contributed by atoms with Crippen molar-refractivity contribution in [3.63, 3.8) is 0 Å². The molecule has 0 saturated heterocycles. The molecule has 2 aromatic carbocycles. The molecule has 4 nitrogen and oxygen atoms in total.